The highest BCUT2D eigenvalue weighted by atomic mass is 35.5. The van der Waals surface area contributed by atoms with Gasteiger partial charge in [-0.2, -0.15) is 0 Å². The molecule has 5 rings (SSSR count). The Balaban J connectivity index is 1.54. The monoisotopic (exact) mass is 456 g/mol. The van der Waals surface area contributed by atoms with Gasteiger partial charge in [0.15, 0.2) is 5.43 Å². The smallest absolute Gasteiger partial charge is 0.290 e. The highest BCUT2D eigenvalue weighted by Gasteiger charge is 2.42. The van der Waals surface area contributed by atoms with Crippen LogP contribution in [0.2, 0.25) is 5.02 Å². The fraction of sp³-hybridized carbons (Fsp3) is 0.333. The van der Waals surface area contributed by atoms with Gasteiger partial charge in [0.2, 0.25) is 5.76 Å². The summed E-state index contributed by atoms with van der Waals surface area (Å²) >= 11 is 6.09. The maximum atomic E-state index is 14.1. The number of ether oxygens (including phenoxy) is 1. The normalized spacial score (nSPS) is 19.0. The first-order valence-electron chi connectivity index (χ1n) is 10.7. The van der Waals surface area contributed by atoms with Crippen LogP contribution in [-0.2, 0) is 4.74 Å². The number of amides is 1. The average Bonchev–Trinajstić information content (AvgIpc) is 3.07. The summed E-state index contributed by atoms with van der Waals surface area (Å²) in [5.74, 6) is -0.763. The Labute approximate surface area is 189 Å². The second-order valence-corrected chi connectivity index (χ2v) is 8.51. The van der Waals surface area contributed by atoms with Crippen LogP contribution >= 0.6 is 11.6 Å². The maximum Gasteiger partial charge on any atom is 0.290 e. The average molecular weight is 457 g/mol. The lowest BCUT2D eigenvalue weighted by Crippen LogP contribution is -2.38. The molecule has 2 aromatic carbocycles. The number of fused-ring (bicyclic) bond motifs is 2. The number of nitrogens with zero attached hydrogens (tertiary/aromatic N) is 2. The van der Waals surface area contributed by atoms with E-state index in [1.165, 1.54) is 18.2 Å². The molecule has 1 aromatic heterocycles. The molecule has 1 atom stereocenters. The van der Waals surface area contributed by atoms with Gasteiger partial charge in [-0.3, -0.25) is 14.5 Å². The van der Waals surface area contributed by atoms with E-state index in [1.54, 1.807) is 29.2 Å². The summed E-state index contributed by atoms with van der Waals surface area (Å²) in [6.07, 6.45) is 0.713. The van der Waals surface area contributed by atoms with Gasteiger partial charge in [-0.25, -0.2) is 4.39 Å². The first kappa shape index (κ1) is 21.1. The standard InChI is InChI=1S/C24H22ClFN2O4/c25-16-5-6-19-18(14-16)22(29)20-21(15-3-1-4-17(26)13-15)28(24(30)23(20)32-19)8-2-7-27-9-11-31-12-10-27/h1,3-6,13-14,21H,2,7-12H2/t21-/m0/s1. The molecule has 166 valence electrons. The fourth-order valence-electron chi connectivity index (χ4n) is 4.54. The van der Waals surface area contributed by atoms with Crippen molar-refractivity contribution < 1.29 is 18.3 Å². The van der Waals surface area contributed by atoms with Gasteiger partial charge in [0.25, 0.3) is 5.91 Å². The van der Waals surface area contributed by atoms with Crippen LogP contribution in [0.25, 0.3) is 11.0 Å². The minimum Gasteiger partial charge on any atom is -0.450 e. The second-order valence-electron chi connectivity index (χ2n) is 8.08. The molecule has 6 nitrogen and oxygen atoms in total. The van der Waals surface area contributed by atoms with Crippen LogP contribution in [0.15, 0.2) is 51.7 Å². The Bertz CT molecular complexity index is 1240. The van der Waals surface area contributed by atoms with Gasteiger partial charge in [0.1, 0.15) is 11.4 Å². The number of halogens is 2. The van der Waals surface area contributed by atoms with E-state index in [0.29, 0.717) is 47.7 Å². The SMILES string of the molecule is O=C1c2oc3ccc(Cl)cc3c(=O)c2[C@H](c2cccc(F)c2)N1CCCN1CCOCC1. The van der Waals surface area contributed by atoms with Crippen LogP contribution in [0, 0.1) is 5.82 Å². The number of carbonyl (C=O) groups excluding carboxylic acids is 1. The largest absolute Gasteiger partial charge is 0.450 e. The zero-order valence-corrected chi connectivity index (χ0v) is 18.1. The molecule has 1 amide bonds. The molecule has 1 fully saturated rings. The van der Waals surface area contributed by atoms with Crippen LogP contribution in [0.4, 0.5) is 4.39 Å². The zero-order valence-electron chi connectivity index (χ0n) is 17.4. The molecule has 0 unspecified atom stereocenters. The van der Waals surface area contributed by atoms with Crippen LogP contribution in [0.1, 0.15) is 34.1 Å². The summed E-state index contributed by atoms with van der Waals surface area (Å²) in [5, 5.41) is 0.708. The summed E-state index contributed by atoms with van der Waals surface area (Å²) in [5.41, 5.74) is 0.764. The van der Waals surface area contributed by atoms with E-state index >= 15 is 0 Å². The van der Waals surface area contributed by atoms with Crippen molar-refractivity contribution in [3.05, 3.63) is 80.4 Å². The lowest BCUT2D eigenvalue weighted by molar-refractivity contribution is 0.0353. The summed E-state index contributed by atoms with van der Waals surface area (Å²) < 4.78 is 25.4. The van der Waals surface area contributed by atoms with E-state index in [0.717, 1.165) is 19.6 Å². The molecule has 0 N–H and O–H groups in total. The molecule has 0 bridgehead atoms. The number of rotatable bonds is 5. The highest BCUT2D eigenvalue weighted by molar-refractivity contribution is 6.31. The zero-order chi connectivity index (χ0) is 22.2. The maximum absolute atomic E-state index is 14.1. The van der Waals surface area contributed by atoms with Crippen LogP contribution in [0.5, 0.6) is 0 Å². The van der Waals surface area contributed by atoms with Crippen molar-refractivity contribution in [2.75, 3.05) is 39.4 Å². The number of hydrogen-bond donors (Lipinski definition) is 0. The number of morpholine rings is 1. The summed E-state index contributed by atoms with van der Waals surface area (Å²) in [6.45, 7) is 4.33. The van der Waals surface area contributed by atoms with Gasteiger partial charge >= 0.3 is 0 Å². The highest BCUT2D eigenvalue weighted by Crippen LogP contribution is 2.38. The lowest BCUT2D eigenvalue weighted by atomic mass is 9.98. The molecule has 3 aromatic rings. The first-order valence-corrected chi connectivity index (χ1v) is 11.0. The summed E-state index contributed by atoms with van der Waals surface area (Å²) in [6, 6.07) is 10.0. The van der Waals surface area contributed by atoms with Gasteiger partial charge in [0, 0.05) is 31.2 Å². The van der Waals surface area contributed by atoms with Crippen molar-refractivity contribution >= 4 is 28.5 Å². The van der Waals surface area contributed by atoms with Gasteiger partial charge in [-0.05, 0) is 42.3 Å². The van der Waals surface area contributed by atoms with Crippen molar-refractivity contribution in [3.63, 3.8) is 0 Å². The minimum absolute atomic E-state index is 0.0189. The van der Waals surface area contributed by atoms with Gasteiger partial charge < -0.3 is 14.1 Å². The Kier molecular flexibility index (Phi) is 5.71. The predicted molar refractivity (Wildman–Crippen MR) is 119 cm³/mol. The van der Waals surface area contributed by atoms with Crippen molar-refractivity contribution in [1.29, 1.82) is 0 Å². The third-order valence-electron chi connectivity index (χ3n) is 6.07. The molecule has 0 saturated carbocycles. The Hall–Kier alpha value is -2.74. The Morgan fingerprint density at radius 1 is 1.06 bits per heavy atom. The topological polar surface area (TPSA) is 63.0 Å². The van der Waals surface area contributed by atoms with E-state index in [-0.39, 0.29) is 22.7 Å². The van der Waals surface area contributed by atoms with Crippen molar-refractivity contribution in [3.8, 4) is 0 Å². The third kappa shape index (κ3) is 3.81. The molecule has 3 heterocycles. The summed E-state index contributed by atoms with van der Waals surface area (Å²) in [7, 11) is 0. The molecule has 32 heavy (non-hydrogen) atoms. The van der Waals surface area contributed by atoms with E-state index in [2.05, 4.69) is 4.90 Å². The van der Waals surface area contributed by atoms with Crippen molar-refractivity contribution in [2.45, 2.75) is 12.5 Å². The number of hydrogen-bond acceptors (Lipinski definition) is 5. The van der Waals surface area contributed by atoms with E-state index in [9.17, 15) is 14.0 Å². The van der Waals surface area contributed by atoms with Crippen LogP contribution < -0.4 is 5.43 Å². The van der Waals surface area contributed by atoms with E-state index in [1.807, 2.05) is 0 Å². The van der Waals surface area contributed by atoms with Crippen LogP contribution in [-0.4, -0.2) is 55.1 Å². The summed E-state index contributed by atoms with van der Waals surface area (Å²) in [4.78, 5) is 30.7. The molecule has 0 spiro atoms. The molecular formula is C24H22ClFN2O4. The first-order chi connectivity index (χ1) is 15.5. The van der Waals surface area contributed by atoms with E-state index < -0.39 is 11.9 Å². The van der Waals surface area contributed by atoms with Crippen LogP contribution in [0.3, 0.4) is 0 Å². The molecule has 2 aliphatic heterocycles. The van der Waals surface area contributed by atoms with E-state index in [4.69, 9.17) is 20.8 Å². The van der Waals surface area contributed by atoms with Gasteiger partial charge in [-0.1, -0.05) is 23.7 Å². The third-order valence-corrected chi connectivity index (χ3v) is 6.30. The molecule has 1 saturated heterocycles. The second kappa shape index (κ2) is 8.65. The quantitative estimate of drug-likeness (QED) is 0.583. The molecule has 0 radical (unpaired) electrons. The molecule has 0 aliphatic carbocycles. The predicted octanol–water partition coefficient (Wildman–Crippen LogP) is 3.85. The van der Waals surface area contributed by atoms with Crippen molar-refractivity contribution in [2.24, 2.45) is 0 Å². The fourth-order valence-corrected chi connectivity index (χ4v) is 4.71. The lowest BCUT2D eigenvalue weighted by Gasteiger charge is -2.29. The molecule has 8 heteroatoms. The number of carbonyl (C=O) groups is 1. The van der Waals surface area contributed by atoms with Gasteiger partial charge in [0.05, 0.1) is 30.2 Å². The number of benzene rings is 2. The Morgan fingerprint density at radius 2 is 1.88 bits per heavy atom. The van der Waals surface area contributed by atoms with Crippen molar-refractivity contribution in [1.82, 2.24) is 9.80 Å². The molecular weight excluding hydrogens is 435 g/mol. The Morgan fingerprint density at radius 3 is 2.66 bits per heavy atom. The van der Waals surface area contributed by atoms with Gasteiger partial charge in [-0.15, -0.1) is 0 Å². The molecule has 2 aliphatic rings. The minimum atomic E-state index is -0.711.